The summed E-state index contributed by atoms with van der Waals surface area (Å²) in [7, 11) is 1.63. The van der Waals surface area contributed by atoms with E-state index in [1.165, 1.54) is 0 Å². The lowest BCUT2D eigenvalue weighted by atomic mass is 10.0. The van der Waals surface area contributed by atoms with Crippen LogP contribution in [0.2, 0.25) is 5.02 Å². The van der Waals surface area contributed by atoms with E-state index in [-0.39, 0.29) is 11.5 Å². The van der Waals surface area contributed by atoms with Crippen LogP contribution in [-0.4, -0.2) is 33.5 Å². The Kier molecular flexibility index (Phi) is 5.88. The average Bonchev–Trinajstić information content (AvgIpc) is 2.74. The summed E-state index contributed by atoms with van der Waals surface area (Å²) in [4.78, 5) is 27.0. The molecule has 0 atom stereocenters. The molecule has 0 spiro atoms. The van der Waals surface area contributed by atoms with Crippen molar-refractivity contribution >= 4 is 11.6 Å². The van der Waals surface area contributed by atoms with Gasteiger partial charge >= 0.3 is 0 Å². The van der Waals surface area contributed by atoms with Gasteiger partial charge in [-0.05, 0) is 29.8 Å². The van der Waals surface area contributed by atoms with Gasteiger partial charge in [-0.1, -0.05) is 31.5 Å². The molecule has 3 heterocycles. The standard InChI is InChI=1S/C23H25ClN4O2/c1-14(2)22-26-20-8-9-28(13-18(20)23(29)27-22)12-15-4-6-19(25-11-15)17-10-16(24)5-7-21(17)30-3/h4-7,10-11,14H,8-9,12-13H2,1-3H3,(H,26,27,29). The summed E-state index contributed by atoms with van der Waals surface area (Å²) in [5.74, 6) is 1.71. The monoisotopic (exact) mass is 424 g/mol. The van der Waals surface area contributed by atoms with Gasteiger partial charge in [-0.3, -0.25) is 14.7 Å². The van der Waals surface area contributed by atoms with E-state index in [1.807, 2.05) is 38.2 Å². The zero-order chi connectivity index (χ0) is 21.3. The molecule has 0 saturated carbocycles. The zero-order valence-corrected chi connectivity index (χ0v) is 18.2. The van der Waals surface area contributed by atoms with Gasteiger partial charge in [0.15, 0.2) is 0 Å². The van der Waals surface area contributed by atoms with Crippen molar-refractivity contribution in [2.45, 2.75) is 39.3 Å². The number of fused-ring (bicyclic) bond motifs is 1. The lowest BCUT2D eigenvalue weighted by Gasteiger charge is -2.28. The second kappa shape index (κ2) is 8.58. The summed E-state index contributed by atoms with van der Waals surface area (Å²) in [6.45, 7) is 6.26. The first-order valence-electron chi connectivity index (χ1n) is 10.1. The SMILES string of the molecule is COc1ccc(Cl)cc1-c1ccc(CN2CCc3nc(C(C)C)[nH]c(=O)c3C2)cn1. The molecular weight excluding hydrogens is 400 g/mol. The number of aromatic amines is 1. The lowest BCUT2D eigenvalue weighted by Crippen LogP contribution is -2.36. The van der Waals surface area contributed by atoms with Crippen LogP contribution in [0, 0.1) is 0 Å². The maximum Gasteiger partial charge on any atom is 0.255 e. The normalized spacial score (nSPS) is 14.0. The number of methoxy groups -OCH3 is 1. The van der Waals surface area contributed by atoms with E-state index in [2.05, 4.69) is 25.9 Å². The number of nitrogens with zero attached hydrogens (tertiary/aromatic N) is 3. The number of H-pyrrole nitrogens is 1. The Morgan fingerprint density at radius 1 is 1.27 bits per heavy atom. The quantitative estimate of drug-likeness (QED) is 0.665. The largest absolute Gasteiger partial charge is 0.496 e. The molecule has 0 saturated heterocycles. The van der Waals surface area contributed by atoms with Gasteiger partial charge in [-0.25, -0.2) is 4.98 Å². The summed E-state index contributed by atoms with van der Waals surface area (Å²) >= 11 is 6.14. The average molecular weight is 425 g/mol. The summed E-state index contributed by atoms with van der Waals surface area (Å²) in [6.07, 6.45) is 2.65. The smallest absolute Gasteiger partial charge is 0.255 e. The van der Waals surface area contributed by atoms with Crippen LogP contribution in [0.15, 0.2) is 41.3 Å². The van der Waals surface area contributed by atoms with E-state index in [0.29, 0.717) is 11.6 Å². The molecule has 6 nitrogen and oxygen atoms in total. The fourth-order valence-corrected chi connectivity index (χ4v) is 3.90. The molecule has 0 amide bonds. The van der Waals surface area contributed by atoms with Crippen LogP contribution >= 0.6 is 11.6 Å². The number of hydrogen-bond acceptors (Lipinski definition) is 5. The lowest BCUT2D eigenvalue weighted by molar-refractivity contribution is 0.241. The third kappa shape index (κ3) is 4.25. The third-order valence-electron chi connectivity index (χ3n) is 5.38. The van der Waals surface area contributed by atoms with Gasteiger partial charge in [0.05, 0.1) is 24.1 Å². The van der Waals surface area contributed by atoms with Gasteiger partial charge in [0.1, 0.15) is 11.6 Å². The maximum atomic E-state index is 12.5. The number of pyridine rings is 1. The molecule has 0 unspecified atom stereocenters. The summed E-state index contributed by atoms with van der Waals surface area (Å²) in [5.41, 5.74) is 4.45. The highest BCUT2D eigenvalue weighted by Crippen LogP contribution is 2.31. The maximum absolute atomic E-state index is 12.5. The second-order valence-electron chi connectivity index (χ2n) is 7.89. The Morgan fingerprint density at radius 3 is 2.80 bits per heavy atom. The minimum absolute atomic E-state index is 0.0186. The number of ether oxygens (including phenoxy) is 1. The molecule has 0 fully saturated rings. The first-order chi connectivity index (χ1) is 14.4. The topological polar surface area (TPSA) is 71.1 Å². The van der Waals surface area contributed by atoms with E-state index in [1.54, 1.807) is 13.2 Å². The van der Waals surface area contributed by atoms with E-state index < -0.39 is 0 Å². The van der Waals surface area contributed by atoms with Crippen molar-refractivity contribution in [1.29, 1.82) is 0 Å². The van der Waals surface area contributed by atoms with Crippen LogP contribution < -0.4 is 10.3 Å². The number of aromatic nitrogens is 3. The van der Waals surface area contributed by atoms with Gasteiger partial charge in [0, 0.05) is 48.8 Å². The molecule has 3 aromatic rings. The third-order valence-corrected chi connectivity index (χ3v) is 5.62. The minimum atomic E-state index is -0.0186. The Bertz CT molecular complexity index is 1110. The number of nitrogens with one attached hydrogen (secondary N) is 1. The van der Waals surface area contributed by atoms with E-state index in [4.69, 9.17) is 16.3 Å². The highest BCUT2D eigenvalue weighted by atomic mass is 35.5. The molecule has 1 aromatic carbocycles. The zero-order valence-electron chi connectivity index (χ0n) is 17.4. The Labute approximate surface area is 180 Å². The highest BCUT2D eigenvalue weighted by molar-refractivity contribution is 6.30. The van der Waals surface area contributed by atoms with E-state index in [9.17, 15) is 4.79 Å². The Hall–Kier alpha value is -2.70. The predicted molar refractivity (Wildman–Crippen MR) is 118 cm³/mol. The summed E-state index contributed by atoms with van der Waals surface area (Å²) in [5, 5.41) is 0.642. The molecule has 1 aliphatic heterocycles. The number of rotatable bonds is 5. The second-order valence-corrected chi connectivity index (χ2v) is 8.32. The fraction of sp³-hybridized carbons (Fsp3) is 0.348. The van der Waals surface area contributed by atoms with E-state index >= 15 is 0 Å². The van der Waals surface area contributed by atoms with Crippen molar-refractivity contribution < 1.29 is 4.74 Å². The van der Waals surface area contributed by atoms with Gasteiger partial charge in [0.2, 0.25) is 0 Å². The van der Waals surface area contributed by atoms with Crippen molar-refractivity contribution in [3.63, 3.8) is 0 Å². The van der Waals surface area contributed by atoms with Gasteiger partial charge in [-0.2, -0.15) is 0 Å². The molecule has 1 aliphatic rings. The number of hydrogen-bond donors (Lipinski definition) is 1. The van der Waals surface area contributed by atoms with Crippen LogP contribution in [0.3, 0.4) is 0 Å². The van der Waals surface area contributed by atoms with Gasteiger partial charge in [-0.15, -0.1) is 0 Å². The number of benzene rings is 1. The van der Waals surface area contributed by atoms with Crippen LogP contribution in [0.1, 0.15) is 42.4 Å². The van der Waals surface area contributed by atoms with E-state index in [0.717, 1.165) is 59.2 Å². The molecule has 0 radical (unpaired) electrons. The summed E-state index contributed by atoms with van der Waals surface area (Å²) in [6, 6.07) is 9.53. The van der Waals surface area contributed by atoms with Crippen LogP contribution in [0.25, 0.3) is 11.3 Å². The van der Waals surface area contributed by atoms with Crippen LogP contribution in [0.5, 0.6) is 5.75 Å². The molecule has 4 rings (SSSR count). The molecule has 0 bridgehead atoms. The molecule has 30 heavy (non-hydrogen) atoms. The first kappa shape index (κ1) is 20.6. The summed E-state index contributed by atoms with van der Waals surface area (Å²) < 4.78 is 5.43. The molecule has 1 N–H and O–H groups in total. The first-order valence-corrected chi connectivity index (χ1v) is 10.5. The fourth-order valence-electron chi connectivity index (χ4n) is 3.72. The van der Waals surface area contributed by atoms with Crippen molar-refractivity contribution in [3.05, 3.63) is 74.6 Å². The van der Waals surface area contributed by atoms with Crippen molar-refractivity contribution in [1.82, 2.24) is 19.9 Å². The molecule has 2 aromatic heterocycles. The van der Waals surface area contributed by atoms with Gasteiger partial charge < -0.3 is 9.72 Å². The molecular formula is C23H25ClN4O2. The van der Waals surface area contributed by atoms with Crippen molar-refractivity contribution in [2.75, 3.05) is 13.7 Å². The van der Waals surface area contributed by atoms with Crippen molar-refractivity contribution in [3.8, 4) is 17.0 Å². The predicted octanol–water partition coefficient (Wildman–Crippen LogP) is 4.18. The molecule has 0 aliphatic carbocycles. The Balaban J connectivity index is 1.50. The van der Waals surface area contributed by atoms with Gasteiger partial charge in [0.25, 0.3) is 5.56 Å². The van der Waals surface area contributed by atoms with Crippen LogP contribution in [0.4, 0.5) is 0 Å². The van der Waals surface area contributed by atoms with Crippen molar-refractivity contribution in [2.24, 2.45) is 0 Å². The Morgan fingerprint density at radius 2 is 2.10 bits per heavy atom. The minimum Gasteiger partial charge on any atom is -0.496 e. The molecule has 156 valence electrons. The highest BCUT2D eigenvalue weighted by Gasteiger charge is 2.22. The number of halogens is 1. The molecule has 7 heteroatoms. The van der Waals surface area contributed by atoms with Crippen LogP contribution in [-0.2, 0) is 19.5 Å².